The molecule has 1 atom stereocenters. The van der Waals surface area contributed by atoms with E-state index in [2.05, 4.69) is 13.8 Å². The monoisotopic (exact) mass is 281 g/mol. The molecule has 0 aliphatic heterocycles. The van der Waals surface area contributed by atoms with Gasteiger partial charge in [-0.15, -0.1) is 0 Å². The zero-order valence-electron chi connectivity index (χ0n) is 12.5. The Hall–Kier alpha value is -1.75. The van der Waals surface area contributed by atoms with Gasteiger partial charge >= 0.3 is 5.97 Å². The second-order valence-corrected chi connectivity index (χ2v) is 5.04. The van der Waals surface area contributed by atoms with Crippen molar-refractivity contribution in [3.8, 4) is 11.5 Å². The van der Waals surface area contributed by atoms with Gasteiger partial charge in [0.05, 0.1) is 14.2 Å². The van der Waals surface area contributed by atoms with Crippen molar-refractivity contribution in [2.45, 2.75) is 38.6 Å². The van der Waals surface area contributed by atoms with E-state index in [4.69, 9.17) is 20.3 Å². The van der Waals surface area contributed by atoms with Gasteiger partial charge in [-0.1, -0.05) is 13.8 Å². The molecule has 20 heavy (non-hydrogen) atoms. The summed E-state index contributed by atoms with van der Waals surface area (Å²) in [7, 11) is 3.13. The molecule has 1 unspecified atom stereocenters. The maximum Gasteiger partial charge on any atom is 0.303 e. The molecule has 1 aromatic rings. The summed E-state index contributed by atoms with van der Waals surface area (Å²) in [6.45, 7) is 4.15. The minimum absolute atomic E-state index is 0.0263. The van der Waals surface area contributed by atoms with Crippen LogP contribution in [0.3, 0.4) is 0 Å². The van der Waals surface area contributed by atoms with E-state index in [-0.39, 0.29) is 6.42 Å². The summed E-state index contributed by atoms with van der Waals surface area (Å²) >= 11 is 0. The van der Waals surface area contributed by atoms with Crippen LogP contribution in [-0.2, 0) is 4.79 Å². The van der Waals surface area contributed by atoms with Crippen LogP contribution < -0.4 is 15.2 Å². The van der Waals surface area contributed by atoms with Crippen molar-refractivity contribution in [3.63, 3.8) is 0 Å². The van der Waals surface area contributed by atoms with Gasteiger partial charge in [0.1, 0.15) is 0 Å². The number of ether oxygens (including phenoxy) is 2. The molecule has 0 saturated heterocycles. The molecule has 0 fully saturated rings. The average Bonchev–Trinajstić information content (AvgIpc) is 2.42. The van der Waals surface area contributed by atoms with Gasteiger partial charge in [0.15, 0.2) is 11.5 Å². The molecule has 3 N–H and O–H groups in total. The number of carboxylic acids is 1. The van der Waals surface area contributed by atoms with E-state index in [0.717, 1.165) is 11.1 Å². The van der Waals surface area contributed by atoms with E-state index in [9.17, 15) is 4.79 Å². The second kappa shape index (κ2) is 7.14. The van der Waals surface area contributed by atoms with Crippen LogP contribution in [0.5, 0.6) is 11.5 Å². The van der Waals surface area contributed by atoms with Crippen LogP contribution in [0.1, 0.15) is 49.8 Å². The van der Waals surface area contributed by atoms with Crippen molar-refractivity contribution in [3.05, 3.63) is 23.3 Å². The smallest absolute Gasteiger partial charge is 0.303 e. The molecule has 1 rings (SSSR count). The Labute approximate surface area is 119 Å². The van der Waals surface area contributed by atoms with E-state index < -0.39 is 12.0 Å². The van der Waals surface area contributed by atoms with Gasteiger partial charge in [0.2, 0.25) is 0 Å². The molecule has 0 spiro atoms. The zero-order chi connectivity index (χ0) is 15.3. The summed E-state index contributed by atoms with van der Waals surface area (Å²) in [5, 5.41) is 8.77. The molecule has 0 saturated carbocycles. The van der Waals surface area contributed by atoms with E-state index in [0.29, 0.717) is 23.8 Å². The highest BCUT2D eigenvalue weighted by Gasteiger charge is 2.19. The van der Waals surface area contributed by atoms with Crippen LogP contribution in [-0.4, -0.2) is 25.3 Å². The Kier molecular flexibility index (Phi) is 5.82. The molecule has 5 nitrogen and oxygen atoms in total. The Morgan fingerprint density at radius 2 is 1.95 bits per heavy atom. The first kappa shape index (κ1) is 16.3. The molecule has 5 heteroatoms. The summed E-state index contributed by atoms with van der Waals surface area (Å²) in [5.41, 5.74) is 7.99. The third-order valence-corrected chi connectivity index (χ3v) is 3.27. The summed E-state index contributed by atoms with van der Waals surface area (Å²) in [6, 6.07) is 3.50. The van der Waals surface area contributed by atoms with E-state index in [1.165, 1.54) is 0 Å². The minimum atomic E-state index is -0.855. The highest BCUT2D eigenvalue weighted by Crippen LogP contribution is 2.38. The Morgan fingerprint density at radius 1 is 1.30 bits per heavy atom. The van der Waals surface area contributed by atoms with Crippen molar-refractivity contribution in [2.24, 2.45) is 5.73 Å². The molecule has 0 aromatic heterocycles. The summed E-state index contributed by atoms with van der Waals surface area (Å²) in [4.78, 5) is 10.7. The van der Waals surface area contributed by atoms with E-state index in [1.807, 2.05) is 12.1 Å². The third-order valence-electron chi connectivity index (χ3n) is 3.27. The number of carbonyl (C=O) groups is 1. The lowest BCUT2D eigenvalue weighted by Crippen LogP contribution is -2.14. The molecule has 0 amide bonds. The number of aliphatic carboxylic acids is 1. The van der Waals surface area contributed by atoms with Gasteiger partial charge in [-0.05, 0) is 30.0 Å². The topological polar surface area (TPSA) is 81.8 Å². The number of hydrogen-bond acceptors (Lipinski definition) is 4. The predicted octanol–water partition coefficient (Wildman–Crippen LogP) is 2.69. The molecule has 0 heterocycles. The molecule has 0 aliphatic carbocycles. The normalized spacial score (nSPS) is 12.3. The van der Waals surface area contributed by atoms with Crippen molar-refractivity contribution in [1.29, 1.82) is 0 Å². The Morgan fingerprint density at radius 3 is 2.40 bits per heavy atom. The van der Waals surface area contributed by atoms with E-state index >= 15 is 0 Å². The van der Waals surface area contributed by atoms with Crippen LogP contribution >= 0.6 is 0 Å². The minimum Gasteiger partial charge on any atom is -0.493 e. The lowest BCUT2D eigenvalue weighted by Gasteiger charge is -2.20. The standard InChI is InChI=1S/C15H23NO4/c1-9(2)10-7-11(12(16)5-6-14(17)18)15(20-4)13(8-10)19-3/h7-9,12H,5-6,16H2,1-4H3,(H,17,18). The molecule has 0 aliphatic rings. The maximum atomic E-state index is 10.7. The first-order valence-corrected chi connectivity index (χ1v) is 6.63. The number of rotatable bonds is 7. The molecule has 112 valence electrons. The van der Waals surface area contributed by atoms with Gasteiger partial charge in [-0.3, -0.25) is 4.79 Å². The molecular formula is C15H23NO4. The van der Waals surface area contributed by atoms with Crippen molar-refractivity contribution in [1.82, 2.24) is 0 Å². The van der Waals surface area contributed by atoms with E-state index in [1.54, 1.807) is 14.2 Å². The number of nitrogens with two attached hydrogens (primary N) is 1. The molecule has 1 aromatic carbocycles. The van der Waals surface area contributed by atoms with Gasteiger partial charge in [-0.25, -0.2) is 0 Å². The fourth-order valence-corrected chi connectivity index (χ4v) is 2.06. The van der Waals surface area contributed by atoms with Crippen molar-refractivity contribution < 1.29 is 19.4 Å². The largest absolute Gasteiger partial charge is 0.493 e. The van der Waals surface area contributed by atoms with Crippen LogP contribution in [0, 0.1) is 0 Å². The highest BCUT2D eigenvalue weighted by atomic mass is 16.5. The number of benzene rings is 1. The van der Waals surface area contributed by atoms with Crippen LogP contribution in [0.2, 0.25) is 0 Å². The molecule has 0 radical (unpaired) electrons. The lowest BCUT2D eigenvalue weighted by molar-refractivity contribution is -0.137. The van der Waals surface area contributed by atoms with Crippen molar-refractivity contribution >= 4 is 5.97 Å². The number of carboxylic acid groups (broad SMARTS) is 1. The van der Waals surface area contributed by atoms with Gasteiger partial charge in [0.25, 0.3) is 0 Å². The summed E-state index contributed by atoms with van der Waals surface area (Å²) in [6.07, 6.45) is 0.384. The molecule has 0 bridgehead atoms. The van der Waals surface area contributed by atoms with Crippen molar-refractivity contribution in [2.75, 3.05) is 14.2 Å². The molecular weight excluding hydrogens is 258 g/mol. The van der Waals surface area contributed by atoms with Crippen LogP contribution in [0.15, 0.2) is 12.1 Å². The quantitative estimate of drug-likeness (QED) is 0.803. The zero-order valence-corrected chi connectivity index (χ0v) is 12.5. The Bertz CT molecular complexity index is 471. The SMILES string of the molecule is COc1cc(C(C)C)cc(C(N)CCC(=O)O)c1OC. The maximum absolute atomic E-state index is 10.7. The van der Waals surface area contributed by atoms with Gasteiger partial charge < -0.3 is 20.3 Å². The summed E-state index contributed by atoms with van der Waals surface area (Å²) in [5.74, 6) is 0.667. The number of methoxy groups -OCH3 is 2. The first-order chi connectivity index (χ1) is 9.40. The third kappa shape index (κ3) is 3.87. The second-order valence-electron chi connectivity index (χ2n) is 5.04. The van der Waals surface area contributed by atoms with Gasteiger partial charge in [-0.2, -0.15) is 0 Å². The lowest BCUT2D eigenvalue weighted by atomic mass is 9.94. The predicted molar refractivity (Wildman–Crippen MR) is 77.4 cm³/mol. The fourth-order valence-electron chi connectivity index (χ4n) is 2.06. The van der Waals surface area contributed by atoms with Crippen LogP contribution in [0.25, 0.3) is 0 Å². The van der Waals surface area contributed by atoms with Gasteiger partial charge in [0, 0.05) is 18.0 Å². The Balaban J connectivity index is 3.19. The highest BCUT2D eigenvalue weighted by molar-refractivity contribution is 5.66. The average molecular weight is 281 g/mol. The number of hydrogen-bond donors (Lipinski definition) is 2. The summed E-state index contributed by atoms with van der Waals surface area (Å²) < 4.78 is 10.7. The first-order valence-electron chi connectivity index (χ1n) is 6.63. The van der Waals surface area contributed by atoms with Crippen LogP contribution in [0.4, 0.5) is 0 Å². The fraction of sp³-hybridized carbons (Fsp3) is 0.533.